The van der Waals surface area contributed by atoms with Gasteiger partial charge < -0.3 is 4.90 Å². The van der Waals surface area contributed by atoms with Gasteiger partial charge >= 0.3 is 0 Å². The highest BCUT2D eigenvalue weighted by atomic mass is 79.9. The lowest BCUT2D eigenvalue weighted by atomic mass is 9.99. The number of hydrogen-bond acceptors (Lipinski definition) is 1. The standard InChI is InChI=1S/C15H22BrN/c16-11-9-15-8-4-5-12-17(15)13-10-14-6-2-1-3-7-14/h1-3,6-7,15H,4-5,8-13H2. The minimum absolute atomic E-state index is 0.812. The summed E-state index contributed by atoms with van der Waals surface area (Å²) in [6.45, 7) is 2.52. The molecule has 1 unspecified atom stereocenters. The van der Waals surface area contributed by atoms with Crippen LogP contribution in [0.5, 0.6) is 0 Å². The van der Waals surface area contributed by atoms with Gasteiger partial charge in [-0.15, -0.1) is 0 Å². The van der Waals surface area contributed by atoms with Crippen molar-refractivity contribution in [3.8, 4) is 0 Å². The van der Waals surface area contributed by atoms with Crippen molar-refractivity contribution < 1.29 is 0 Å². The van der Waals surface area contributed by atoms with E-state index in [-0.39, 0.29) is 0 Å². The van der Waals surface area contributed by atoms with E-state index in [1.165, 1.54) is 50.8 Å². The molecule has 1 nitrogen and oxygen atoms in total. The molecular formula is C15H22BrN. The molecule has 17 heavy (non-hydrogen) atoms. The molecule has 1 heterocycles. The normalized spacial score (nSPS) is 21.6. The maximum absolute atomic E-state index is 3.58. The van der Waals surface area contributed by atoms with Crippen LogP contribution in [0.25, 0.3) is 0 Å². The van der Waals surface area contributed by atoms with Crippen molar-refractivity contribution in [2.45, 2.75) is 38.1 Å². The molecule has 0 saturated carbocycles. The summed E-state index contributed by atoms with van der Waals surface area (Å²) in [6.07, 6.45) is 6.68. The lowest BCUT2D eigenvalue weighted by Gasteiger charge is -2.35. The predicted molar refractivity (Wildman–Crippen MR) is 77.8 cm³/mol. The topological polar surface area (TPSA) is 3.24 Å². The second kappa shape index (κ2) is 7.17. The predicted octanol–water partition coefficient (Wildman–Crippen LogP) is 3.87. The van der Waals surface area contributed by atoms with Gasteiger partial charge in [-0.05, 0) is 37.8 Å². The largest absolute Gasteiger partial charge is 0.300 e. The molecule has 0 aromatic heterocycles. The van der Waals surface area contributed by atoms with Gasteiger partial charge in [0.2, 0.25) is 0 Å². The number of rotatable bonds is 5. The van der Waals surface area contributed by atoms with E-state index in [1.807, 2.05) is 0 Å². The van der Waals surface area contributed by atoms with Crippen LogP contribution < -0.4 is 0 Å². The Morgan fingerprint density at radius 3 is 2.76 bits per heavy atom. The molecule has 0 N–H and O–H groups in total. The second-order valence-corrected chi connectivity index (χ2v) is 5.69. The molecule has 1 aliphatic heterocycles. The fraction of sp³-hybridized carbons (Fsp3) is 0.600. The first-order chi connectivity index (χ1) is 8.40. The fourth-order valence-corrected chi connectivity index (χ4v) is 3.25. The Kier molecular flexibility index (Phi) is 5.53. The SMILES string of the molecule is BrCCC1CCCCN1CCc1ccccc1. The molecule has 1 saturated heterocycles. The van der Waals surface area contributed by atoms with E-state index in [0.717, 1.165) is 11.4 Å². The summed E-state index contributed by atoms with van der Waals surface area (Å²) in [5, 5.41) is 1.14. The van der Waals surface area contributed by atoms with Crippen molar-refractivity contribution in [3.63, 3.8) is 0 Å². The molecule has 2 heteroatoms. The third kappa shape index (κ3) is 4.11. The number of benzene rings is 1. The molecule has 0 radical (unpaired) electrons. The van der Waals surface area contributed by atoms with Crippen LogP contribution in [0.3, 0.4) is 0 Å². The van der Waals surface area contributed by atoms with Gasteiger partial charge in [0.25, 0.3) is 0 Å². The van der Waals surface area contributed by atoms with Crippen LogP contribution in [0, 0.1) is 0 Å². The van der Waals surface area contributed by atoms with Crippen molar-refractivity contribution in [2.75, 3.05) is 18.4 Å². The molecule has 0 amide bonds. The summed E-state index contributed by atoms with van der Waals surface area (Å²) < 4.78 is 0. The third-order valence-corrected chi connectivity index (χ3v) is 4.18. The van der Waals surface area contributed by atoms with E-state index in [0.29, 0.717) is 0 Å². The fourth-order valence-electron chi connectivity index (χ4n) is 2.72. The monoisotopic (exact) mass is 295 g/mol. The zero-order valence-electron chi connectivity index (χ0n) is 10.4. The van der Waals surface area contributed by atoms with Crippen LogP contribution in [0.2, 0.25) is 0 Å². The number of alkyl halides is 1. The second-order valence-electron chi connectivity index (χ2n) is 4.90. The van der Waals surface area contributed by atoms with Gasteiger partial charge in [-0.25, -0.2) is 0 Å². The van der Waals surface area contributed by atoms with Gasteiger partial charge in [0.1, 0.15) is 0 Å². The molecule has 1 atom stereocenters. The highest BCUT2D eigenvalue weighted by Gasteiger charge is 2.20. The van der Waals surface area contributed by atoms with Gasteiger partial charge in [0.15, 0.2) is 0 Å². The van der Waals surface area contributed by atoms with Gasteiger partial charge in [-0.2, -0.15) is 0 Å². The van der Waals surface area contributed by atoms with Crippen LogP contribution in [-0.4, -0.2) is 29.4 Å². The lowest BCUT2D eigenvalue weighted by molar-refractivity contribution is 0.147. The van der Waals surface area contributed by atoms with E-state index < -0.39 is 0 Å². The molecule has 94 valence electrons. The van der Waals surface area contributed by atoms with E-state index >= 15 is 0 Å². The van der Waals surface area contributed by atoms with Crippen molar-refractivity contribution in [2.24, 2.45) is 0 Å². The van der Waals surface area contributed by atoms with Crippen molar-refractivity contribution >= 4 is 15.9 Å². The first-order valence-corrected chi connectivity index (χ1v) is 7.86. The molecular weight excluding hydrogens is 274 g/mol. The molecule has 0 bridgehead atoms. The van der Waals surface area contributed by atoms with Crippen LogP contribution >= 0.6 is 15.9 Å². The Morgan fingerprint density at radius 1 is 1.18 bits per heavy atom. The maximum Gasteiger partial charge on any atom is 0.0103 e. The molecule has 0 spiro atoms. The summed E-state index contributed by atoms with van der Waals surface area (Å²) in [4.78, 5) is 2.69. The molecule has 1 fully saturated rings. The average molecular weight is 296 g/mol. The summed E-state index contributed by atoms with van der Waals surface area (Å²) in [5.41, 5.74) is 1.47. The Morgan fingerprint density at radius 2 is 2.00 bits per heavy atom. The van der Waals surface area contributed by atoms with Crippen LogP contribution in [0.15, 0.2) is 30.3 Å². The van der Waals surface area contributed by atoms with E-state index in [2.05, 4.69) is 51.2 Å². The number of hydrogen-bond donors (Lipinski definition) is 0. The van der Waals surface area contributed by atoms with Crippen molar-refractivity contribution in [1.82, 2.24) is 4.90 Å². The smallest absolute Gasteiger partial charge is 0.0103 e. The number of piperidine rings is 1. The summed E-state index contributed by atoms with van der Waals surface area (Å²) in [7, 11) is 0. The first kappa shape index (κ1) is 13.1. The molecule has 0 aliphatic carbocycles. The zero-order valence-corrected chi connectivity index (χ0v) is 12.0. The quantitative estimate of drug-likeness (QED) is 0.746. The Labute approximate surface area is 113 Å². The van der Waals surface area contributed by atoms with Gasteiger partial charge in [0.05, 0.1) is 0 Å². The van der Waals surface area contributed by atoms with Crippen molar-refractivity contribution in [1.29, 1.82) is 0 Å². The Bertz CT molecular complexity index is 310. The summed E-state index contributed by atoms with van der Waals surface area (Å²) in [5.74, 6) is 0. The Balaban J connectivity index is 1.84. The molecule has 1 aromatic carbocycles. The zero-order chi connectivity index (χ0) is 11.9. The van der Waals surface area contributed by atoms with Crippen LogP contribution in [0.1, 0.15) is 31.2 Å². The minimum atomic E-state index is 0.812. The average Bonchev–Trinajstić information content (AvgIpc) is 2.39. The summed E-state index contributed by atoms with van der Waals surface area (Å²) >= 11 is 3.58. The number of likely N-dealkylation sites (tertiary alicyclic amines) is 1. The van der Waals surface area contributed by atoms with E-state index in [4.69, 9.17) is 0 Å². The van der Waals surface area contributed by atoms with Gasteiger partial charge in [-0.3, -0.25) is 0 Å². The lowest BCUT2D eigenvalue weighted by Crippen LogP contribution is -2.40. The number of halogens is 1. The summed E-state index contributed by atoms with van der Waals surface area (Å²) in [6, 6.07) is 11.7. The highest BCUT2D eigenvalue weighted by molar-refractivity contribution is 9.09. The molecule has 1 aromatic rings. The van der Waals surface area contributed by atoms with Crippen molar-refractivity contribution in [3.05, 3.63) is 35.9 Å². The molecule has 1 aliphatic rings. The molecule has 2 rings (SSSR count). The van der Waals surface area contributed by atoms with Gasteiger partial charge in [0, 0.05) is 17.9 Å². The number of nitrogens with zero attached hydrogens (tertiary/aromatic N) is 1. The Hall–Kier alpha value is -0.340. The third-order valence-electron chi connectivity index (χ3n) is 3.72. The van der Waals surface area contributed by atoms with E-state index in [1.54, 1.807) is 0 Å². The maximum atomic E-state index is 3.58. The van der Waals surface area contributed by atoms with Gasteiger partial charge in [-0.1, -0.05) is 52.7 Å². The van der Waals surface area contributed by atoms with E-state index in [9.17, 15) is 0 Å². The van der Waals surface area contributed by atoms with Crippen LogP contribution in [0.4, 0.5) is 0 Å². The first-order valence-electron chi connectivity index (χ1n) is 6.74. The van der Waals surface area contributed by atoms with Crippen LogP contribution in [-0.2, 0) is 6.42 Å². The minimum Gasteiger partial charge on any atom is -0.300 e. The highest BCUT2D eigenvalue weighted by Crippen LogP contribution is 2.20.